The van der Waals surface area contributed by atoms with Crippen LogP contribution in [0.5, 0.6) is 0 Å². The van der Waals surface area contributed by atoms with Crippen molar-refractivity contribution >= 4 is 16.4 Å². The van der Waals surface area contributed by atoms with Gasteiger partial charge in [-0.1, -0.05) is 13.3 Å². The van der Waals surface area contributed by atoms with Crippen molar-refractivity contribution < 1.29 is 51.5 Å². The van der Waals surface area contributed by atoms with Gasteiger partial charge in [-0.15, -0.1) is 0 Å². The zero-order valence-corrected chi connectivity index (χ0v) is 9.89. The van der Waals surface area contributed by atoms with Crippen molar-refractivity contribution in [1.29, 1.82) is 0 Å². The van der Waals surface area contributed by atoms with E-state index in [1.807, 2.05) is 6.92 Å². The molecule has 5 nitrogen and oxygen atoms in total. The minimum Gasteiger partial charge on any atom is -0.716 e. The number of carbonyl (C=O) groups excluding carboxylic acids is 1. The first kappa shape index (κ1) is 14.9. The van der Waals surface area contributed by atoms with Crippen LogP contribution >= 0.6 is 0 Å². The quantitative estimate of drug-likeness (QED) is 0.280. The Labute approximate surface area is 93.7 Å². The van der Waals surface area contributed by atoms with Crippen LogP contribution in [0, 0.1) is 0 Å². The number of hydrogen-bond donors (Lipinski definition) is 0. The van der Waals surface area contributed by atoms with E-state index in [1.165, 1.54) is 0 Å². The van der Waals surface area contributed by atoms with E-state index in [2.05, 4.69) is 4.18 Å². The van der Waals surface area contributed by atoms with E-state index in [9.17, 15) is 17.8 Å². The molecule has 0 aliphatic carbocycles. The van der Waals surface area contributed by atoms with Crippen LogP contribution in [0.4, 0.5) is 0 Å². The van der Waals surface area contributed by atoms with Gasteiger partial charge in [-0.2, -0.15) is 0 Å². The molecule has 66 valence electrons. The van der Waals surface area contributed by atoms with Gasteiger partial charge in [-0.25, -0.2) is 8.42 Å². The van der Waals surface area contributed by atoms with Gasteiger partial charge >= 0.3 is 35.5 Å². The normalized spacial score (nSPS) is 10.2. The summed E-state index contributed by atoms with van der Waals surface area (Å²) in [5.74, 6) is -0.984. The molecular weight excluding hydrogens is 195 g/mol. The van der Waals surface area contributed by atoms with E-state index in [0.29, 0.717) is 6.42 Å². The monoisotopic (exact) mass is 204 g/mol. The Balaban J connectivity index is 0. The summed E-state index contributed by atoms with van der Waals surface area (Å²) >= 11 is 0. The van der Waals surface area contributed by atoms with E-state index in [1.54, 1.807) is 0 Å². The summed E-state index contributed by atoms with van der Waals surface area (Å²) < 4.78 is 32.9. The molecule has 0 aromatic heterocycles. The fourth-order valence-corrected chi connectivity index (χ4v) is 0.788. The molecule has 0 aliphatic rings. The predicted molar refractivity (Wildman–Crippen MR) is 35.3 cm³/mol. The van der Waals surface area contributed by atoms with Gasteiger partial charge in [0.1, 0.15) is 0 Å². The average Bonchev–Trinajstić information content (AvgIpc) is 1.79. The summed E-state index contributed by atoms with van der Waals surface area (Å²) in [6.45, 7) is 1.83. The van der Waals surface area contributed by atoms with Gasteiger partial charge in [-0.3, -0.25) is 4.79 Å². The molecule has 0 amide bonds. The zero-order chi connectivity index (χ0) is 8.91. The van der Waals surface area contributed by atoms with Gasteiger partial charge in [0.15, 0.2) is 0 Å². The molecule has 0 spiro atoms. The molecule has 0 aromatic rings. The number of carbonyl (C=O) groups is 1. The van der Waals surface area contributed by atoms with Gasteiger partial charge in [0.2, 0.25) is 0 Å². The van der Waals surface area contributed by atoms with Crippen LogP contribution in [-0.2, 0) is 19.4 Å². The maximum absolute atomic E-state index is 10.4. The molecule has 0 saturated carbocycles. The molecule has 0 N–H and O–H groups in total. The van der Waals surface area contributed by atoms with Crippen molar-refractivity contribution in [1.82, 2.24) is 0 Å². The largest absolute Gasteiger partial charge is 1.00 e. The topological polar surface area (TPSA) is 83.5 Å². The van der Waals surface area contributed by atoms with E-state index in [4.69, 9.17) is 0 Å². The SMILES string of the molecule is CCCCC(=O)OS(=O)(=O)[O-].[Na+]. The molecule has 0 heterocycles. The van der Waals surface area contributed by atoms with Crippen LogP contribution in [0.25, 0.3) is 0 Å². The van der Waals surface area contributed by atoms with Gasteiger partial charge < -0.3 is 8.74 Å². The van der Waals surface area contributed by atoms with E-state index < -0.39 is 16.4 Å². The second kappa shape index (κ2) is 6.85. The minimum absolute atomic E-state index is 0. The average molecular weight is 204 g/mol. The van der Waals surface area contributed by atoms with Gasteiger partial charge in [0, 0.05) is 6.42 Å². The first-order valence-corrected chi connectivity index (χ1v) is 4.47. The first-order valence-electron chi connectivity index (χ1n) is 3.14. The summed E-state index contributed by atoms with van der Waals surface area (Å²) in [7, 11) is -4.85. The molecule has 0 fully saturated rings. The van der Waals surface area contributed by atoms with Crippen LogP contribution in [0.3, 0.4) is 0 Å². The number of unbranched alkanes of at least 4 members (excludes halogenated alkanes) is 1. The Kier molecular flexibility index (Phi) is 8.49. The van der Waals surface area contributed by atoms with E-state index in [-0.39, 0.29) is 36.0 Å². The fraction of sp³-hybridized carbons (Fsp3) is 0.800. The molecule has 0 bridgehead atoms. The Morgan fingerprint density at radius 3 is 2.33 bits per heavy atom. The second-order valence-corrected chi connectivity index (χ2v) is 2.95. The fourth-order valence-electron chi connectivity index (χ4n) is 0.477. The molecule has 0 rings (SSSR count). The summed E-state index contributed by atoms with van der Waals surface area (Å²) in [4.78, 5) is 10.4. The van der Waals surface area contributed by atoms with Gasteiger partial charge in [-0.05, 0) is 6.42 Å². The maximum Gasteiger partial charge on any atom is 1.00 e. The Hall–Kier alpha value is 0.380. The smallest absolute Gasteiger partial charge is 0.716 e. The van der Waals surface area contributed by atoms with Crippen LogP contribution in [0.1, 0.15) is 26.2 Å². The molecular formula is C5H9NaO5S. The Bertz CT molecular complexity index is 222. The number of rotatable bonds is 4. The summed E-state index contributed by atoms with van der Waals surface area (Å²) in [5, 5.41) is 0. The molecule has 0 unspecified atom stereocenters. The molecule has 0 atom stereocenters. The van der Waals surface area contributed by atoms with E-state index >= 15 is 0 Å². The standard InChI is InChI=1S/C5H10O5S.Na/c1-2-3-4-5(6)10-11(7,8)9;/h2-4H2,1H3,(H,7,8,9);/q;+1/p-1. The van der Waals surface area contributed by atoms with Crippen molar-refractivity contribution in [2.75, 3.05) is 0 Å². The zero-order valence-electron chi connectivity index (χ0n) is 7.07. The maximum atomic E-state index is 10.4. The predicted octanol–water partition coefficient (Wildman–Crippen LogP) is -2.82. The van der Waals surface area contributed by atoms with Crippen molar-refractivity contribution in [3.63, 3.8) is 0 Å². The summed E-state index contributed by atoms with van der Waals surface area (Å²) in [6.07, 6.45) is 1.24. The third kappa shape index (κ3) is 10.4. The van der Waals surface area contributed by atoms with Crippen LogP contribution in [0.15, 0.2) is 0 Å². The molecule has 0 aromatic carbocycles. The molecule has 0 radical (unpaired) electrons. The third-order valence-corrected chi connectivity index (χ3v) is 1.32. The Morgan fingerprint density at radius 2 is 2.00 bits per heavy atom. The van der Waals surface area contributed by atoms with E-state index in [0.717, 1.165) is 6.42 Å². The molecule has 0 aliphatic heterocycles. The van der Waals surface area contributed by atoms with Gasteiger partial charge in [0.05, 0.1) is 0 Å². The molecule has 12 heavy (non-hydrogen) atoms. The van der Waals surface area contributed by atoms with Crippen LogP contribution < -0.4 is 29.6 Å². The van der Waals surface area contributed by atoms with Crippen LogP contribution in [0.2, 0.25) is 0 Å². The molecule has 7 heteroatoms. The van der Waals surface area contributed by atoms with Crippen LogP contribution in [-0.4, -0.2) is 18.9 Å². The van der Waals surface area contributed by atoms with Gasteiger partial charge in [0.25, 0.3) is 10.4 Å². The Morgan fingerprint density at radius 1 is 1.50 bits per heavy atom. The molecule has 0 saturated heterocycles. The van der Waals surface area contributed by atoms with Crippen molar-refractivity contribution in [2.45, 2.75) is 26.2 Å². The van der Waals surface area contributed by atoms with Crippen molar-refractivity contribution in [3.8, 4) is 0 Å². The first-order chi connectivity index (χ1) is 4.95. The van der Waals surface area contributed by atoms with Crippen molar-refractivity contribution in [3.05, 3.63) is 0 Å². The number of hydrogen-bond acceptors (Lipinski definition) is 5. The second-order valence-electron chi connectivity index (χ2n) is 1.97. The van der Waals surface area contributed by atoms with Crippen molar-refractivity contribution in [2.24, 2.45) is 0 Å². The third-order valence-electron chi connectivity index (χ3n) is 0.929. The minimum atomic E-state index is -4.85. The summed E-state index contributed by atoms with van der Waals surface area (Å²) in [6, 6.07) is 0. The summed E-state index contributed by atoms with van der Waals surface area (Å²) in [5.41, 5.74) is 0.